The number of anilines is 2. The highest BCUT2D eigenvalue weighted by Crippen LogP contribution is 2.32. The van der Waals surface area contributed by atoms with Crippen molar-refractivity contribution in [3.8, 4) is 11.5 Å². The van der Waals surface area contributed by atoms with Gasteiger partial charge in [0, 0.05) is 6.54 Å². The lowest BCUT2D eigenvalue weighted by atomic mass is 10.2. The number of nitrogens with zero attached hydrogens (tertiary/aromatic N) is 2. The Morgan fingerprint density at radius 2 is 2.00 bits per heavy atom. The van der Waals surface area contributed by atoms with Crippen molar-refractivity contribution in [3.63, 3.8) is 0 Å². The van der Waals surface area contributed by atoms with Gasteiger partial charge in [-0.15, -0.1) is 0 Å². The van der Waals surface area contributed by atoms with E-state index in [1.807, 2.05) is 18.2 Å². The number of benzene rings is 1. The minimum Gasteiger partial charge on any atom is -0.493 e. The number of halogens is 1. The Kier molecular flexibility index (Phi) is 5.48. The van der Waals surface area contributed by atoms with Gasteiger partial charge in [0.1, 0.15) is 0 Å². The Labute approximate surface area is 152 Å². The molecule has 0 radical (unpaired) electrons. The van der Waals surface area contributed by atoms with Crippen molar-refractivity contribution >= 4 is 23.1 Å². The third-order valence-electron chi connectivity index (χ3n) is 4.39. The average molecular weight is 363 g/mol. The Morgan fingerprint density at radius 3 is 2.72 bits per heavy atom. The first-order chi connectivity index (χ1) is 12.1. The van der Waals surface area contributed by atoms with Crippen LogP contribution in [0.15, 0.2) is 18.2 Å². The fourth-order valence-corrected chi connectivity index (χ4v) is 3.19. The SMILES string of the molecule is COc1ccc(CNc2nc(Cl)nc(C)c2N)cc1OC1CCCC1. The number of methoxy groups -OCH3 is 1. The monoisotopic (exact) mass is 362 g/mol. The van der Waals surface area contributed by atoms with E-state index in [1.54, 1.807) is 14.0 Å². The number of aryl methyl sites for hydroxylation is 1. The largest absolute Gasteiger partial charge is 0.493 e. The van der Waals surface area contributed by atoms with Crippen LogP contribution in [0.5, 0.6) is 11.5 Å². The van der Waals surface area contributed by atoms with Crippen LogP contribution in [-0.2, 0) is 6.54 Å². The van der Waals surface area contributed by atoms with Crippen LogP contribution in [0.2, 0.25) is 5.28 Å². The number of nitrogen functional groups attached to an aromatic ring is 1. The molecule has 0 unspecified atom stereocenters. The van der Waals surface area contributed by atoms with Gasteiger partial charge in [0.2, 0.25) is 5.28 Å². The zero-order valence-corrected chi connectivity index (χ0v) is 15.3. The summed E-state index contributed by atoms with van der Waals surface area (Å²) >= 11 is 5.91. The minimum absolute atomic E-state index is 0.175. The fourth-order valence-electron chi connectivity index (χ4n) is 2.98. The first-order valence-electron chi connectivity index (χ1n) is 8.44. The fraction of sp³-hybridized carbons (Fsp3) is 0.444. The lowest BCUT2D eigenvalue weighted by molar-refractivity contribution is 0.200. The molecule has 1 aromatic heterocycles. The number of nitrogens with one attached hydrogen (secondary N) is 1. The Hall–Kier alpha value is -2.21. The summed E-state index contributed by atoms with van der Waals surface area (Å²) in [5.74, 6) is 2.06. The first kappa shape index (κ1) is 17.6. The third-order valence-corrected chi connectivity index (χ3v) is 4.56. The second-order valence-electron chi connectivity index (χ2n) is 6.20. The normalized spacial score (nSPS) is 14.5. The van der Waals surface area contributed by atoms with E-state index in [0.29, 0.717) is 23.7 Å². The van der Waals surface area contributed by atoms with Gasteiger partial charge in [0.15, 0.2) is 17.3 Å². The van der Waals surface area contributed by atoms with E-state index >= 15 is 0 Å². The van der Waals surface area contributed by atoms with E-state index in [-0.39, 0.29) is 11.4 Å². The van der Waals surface area contributed by atoms with Gasteiger partial charge in [-0.1, -0.05) is 6.07 Å². The van der Waals surface area contributed by atoms with Gasteiger partial charge < -0.3 is 20.5 Å². The zero-order valence-electron chi connectivity index (χ0n) is 14.5. The predicted molar refractivity (Wildman–Crippen MR) is 99.4 cm³/mol. The summed E-state index contributed by atoms with van der Waals surface area (Å²) in [7, 11) is 1.65. The lowest BCUT2D eigenvalue weighted by Crippen LogP contribution is -2.12. The van der Waals surface area contributed by atoms with Crippen LogP contribution in [0, 0.1) is 6.92 Å². The van der Waals surface area contributed by atoms with Crippen molar-refractivity contribution in [1.82, 2.24) is 9.97 Å². The van der Waals surface area contributed by atoms with E-state index in [0.717, 1.165) is 29.9 Å². The first-order valence-corrected chi connectivity index (χ1v) is 8.81. The molecule has 1 aromatic carbocycles. The summed E-state index contributed by atoms with van der Waals surface area (Å²) in [5, 5.41) is 3.39. The molecular weight excluding hydrogens is 340 g/mol. The predicted octanol–water partition coefficient (Wildman–Crippen LogP) is 3.96. The van der Waals surface area contributed by atoms with Crippen molar-refractivity contribution in [2.75, 3.05) is 18.2 Å². The Morgan fingerprint density at radius 1 is 1.24 bits per heavy atom. The van der Waals surface area contributed by atoms with Crippen molar-refractivity contribution in [1.29, 1.82) is 0 Å². The maximum absolute atomic E-state index is 6.13. The second-order valence-corrected chi connectivity index (χ2v) is 6.54. The molecule has 0 saturated heterocycles. The highest BCUT2D eigenvalue weighted by atomic mass is 35.5. The molecule has 0 aliphatic heterocycles. The number of rotatable bonds is 6. The number of ether oxygens (including phenoxy) is 2. The molecule has 2 aromatic rings. The van der Waals surface area contributed by atoms with Crippen LogP contribution in [-0.4, -0.2) is 23.2 Å². The Balaban J connectivity index is 1.74. The van der Waals surface area contributed by atoms with Crippen LogP contribution >= 0.6 is 11.6 Å². The van der Waals surface area contributed by atoms with Gasteiger partial charge in [-0.25, -0.2) is 4.98 Å². The van der Waals surface area contributed by atoms with Gasteiger partial charge >= 0.3 is 0 Å². The van der Waals surface area contributed by atoms with E-state index in [1.165, 1.54) is 12.8 Å². The maximum Gasteiger partial charge on any atom is 0.224 e. The zero-order chi connectivity index (χ0) is 17.8. The number of nitrogens with two attached hydrogens (primary N) is 1. The summed E-state index contributed by atoms with van der Waals surface area (Å²) in [6.07, 6.45) is 4.92. The van der Waals surface area contributed by atoms with Gasteiger partial charge in [-0.3, -0.25) is 0 Å². The van der Waals surface area contributed by atoms with Crippen molar-refractivity contribution in [3.05, 3.63) is 34.7 Å². The van der Waals surface area contributed by atoms with E-state index < -0.39 is 0 Å². The van der Waals surface area contributed by atoms with E-state index in [9.17, 15) is 0 Å². The van der Waals surface area contributed by atoms with Crippen LogP contribution in [0.25, 0.3) is 0 Å². The molecule has 1 aliphatic rings. The molecule has 6 nitrogen and oxygen atoms in total. The lowest BCUT2D eigenvalue weighted by Gasteiger charge is -2.17. The van der Waals surface area contributed by atoms with Crippen molar-refractivity contribution < 1.29 is 9.47 Å². The molecule has 0 atom stereocenters. The molecule has 7 heteroatoms. The Bertz CT molecular complexity index is 748. The molecule has 3 N–H and O–H groups in total. The summed E-state index contributed by atoms with van der Waals surface area (Å²) in [6, 6.07) is 5.90. The quantitative estimate of drug-likeness (QED) is 0.757. The highest BCUT2D eigenvalue weighted by molar-refractivity contribution is 6.28. The van der Waals surface area contributed by atoms with Crippen molar-refractivity contribution in [2.45, 2.75) is 45.3 Å². The second kappa shape index (κ2) is 7.78. The van der Waals surface area contributed by atoms with Gasteiger partial charge in [0.05, 0.1) is 24.6 Å². The van der Waals surface area contributed by atoms with Gasteiger partial charge in [0.25, 0.3) is 0 Å². The third kappa shape index (κ3) is 4.25. The molecule has 3 rings (SSSR count). The molecule has 134 valence electrons. The molecule has 1 fully saturated rings. The molecule has 0 amide bonds. The molecule has 1 saturated carbocycles. The smallest absolute Gasteiger partial charge is 0.224 e. The standard InChI is InChI=1S/C18H23ClN4O2/c1-11-16(20)17(23-18(19)22-11)21-10-12-7-8-14(24-2)15(9-12)25-13-5-3-4-6-13/h7-9,13H,3-6,10,20H2,1-2H3,(H,21,22,23). The van der Waals surface area contributed by atoms with Crippen molar-refractivity contribution in [2.24, 2.45) is 0 Å². The number of hydrogen-bond acceptors (Lipinski definition) is 6. The maximum atomic E-state index is 6.13. The van der Waals surface area contributed by atoms with Gasteiger partial charge in [-0.05, 0) is 61.9 Å². The number of hydrogen-bond donors (Lipinski definition) is 2. The molecule has 25 heavy (non-hydrogen) atoms. The van der Waals surface area contributed by atoms with Crippen LogP contribution in [0.4, 0.5) is 11.5 Å². The highest BCUT2D eigenvalue weighted by Gasteiger charge is 2.18. The molecule has 0 bridgehead atoms. The average Bonchev–Trinajstić information content (AvgIpc) is 3.10. The summed E-state index contributed by atoms with van der Waals surface area (Å²) in [4.78, 5) is 8.19. The summed E-state index contributed by atoms with van der Waals surface area (Å²) in [5.41, 5.74) is 8.21. The van der Waals surface area contributed by atoms with Crippen LogP contribution in [0.3, 0.4) is 0 Å². The molecule has 0 spiro atoms. The summed E-state index contributed by atoms with van der Waals surface area (Å²) in [6.45, 7) is 2.34. The van der Waals surface area contributed by atoms with E-state index in [2.05, 4.69) is 15.3 Å². The summed E-state index contributed by atoms with van der Waals surface area (Å²) < 4.78 is 11.5. The minimum atomic E-state index is 0.175. The topological polar surface area (TPSA) is 82.3 Å². The molecular formula is C18H23ClN4O2. The van der Waals surface area contributed by atoms with Crippen LogP contribution in [0.1, 0.15) is 36.9 Å². The van der Waals surface area contributed by atoms with Crippen LogP contribution < -0.4 is 20.5 Å². The molecule has 1 heterocycles. The molecule has 1 aliphatic carbocycles. The van der Waals surface area contributed by atoms with Gasteiger partial charge in [-0.2, -0.15) is 4.98 Å². The number of aromatic nitrogens is 2. The van der Waals surface area contributed by atoms with E-state index in [4.69, 9.17) is 26.8 Å².